The molecule has 0 saturated carbocycles. The number of benzene rings is 2. The number of amides is 1. The Hall–Kier alpha value is -2.04. The molecular weight excluding hydrogens is 348 g/mol. The van der Waals surface area contributed by atoms with Gasteiger partial charge in [-0.3, -0.25) is 9.69 Å². The number of hydrogen-bond donors (Lipinski definition) is 1. The minimum Gasteiger partial charge on any atom is -0.494 e. The quantitative estimate of drug-likeness (QED) is 0.700. The maximum absolute atomic E-state index is 12.5. The monoisotopic (exact) mass is 374 g/mol. The second-order valence-corrected chi connectivity index (χ2v) is 6.33. The average Bonchev–Trinajstić information content (AvgIpc) is 2.66. The van der Waals surface area contributed by atoms with Crippen LogP contribution < -0.4 is 10.1 Å². The van der Waals surface area contributed by atoms with Gasteiger partial charge in [-0.15, -0.1) is 0 Å². The summed E-state index contributed by atoms with van der Waals surface area (Å²) in [7, 11) is 0. The number of halogens is 1. The molecule has 1 amide bonds. The minimum atomic E-state index is -0.0998. The van der Waals surface area contributed by atoms with Gasteiger partial charge < -0.3 is 10.1 Å². The highest BCUT2D eigenvalue weighted by Gasteiger charge is 2.21. The summed E-state index contributed by atoms with van der Waals surface area (Å²) in [4.78, 5) is 14.8. The minimum absolute atomic E-state index is 0.0327. The lowest BCUT2D eigenvalue weighted by molar-refractivity contribution is 0.0935. The van der Waals surface area contributed by atoms with E-state index in [0.717, 1.165) is 29.4 Å². The number of hydrogen-bond acceptors (Lipinski definition) is 3. The molecule has 0 aliphatic carbocycles. The molecule has 0 heterocycles. The summed E-state index contributed by atoms with van der Waals surface area (Å²) in [5, 5.41) is 3.77. The fourth-order valence-corrected chi connectivity index (χ4v) is 3.27. The molecule has 0 fully saturated rings. The second kappa shape index (κ2) is 10.2. The summed E-state index contributed by atoms with van der Waals surface area (Å²) >= 11 is 6.40. The van der Waals surface area contributed by atoms with Crippen LogP contribution in [0.2, 0.25) is 5.02 Å². The molecule has 0 aliphatic rings. The summed E-state index contributed by atoms with van der Waals surface area (Å²) < 4.78 is 5.42. The van der Waals surface area contributed by atoms with Crippen molar-refractivity contribution in [1.82, 2.24) is 10.2 Å². The zero-order chi connectivity index (χ0) is 18.9. The van der Waals surface area contributed by atoms with Crippen LogP contribution >= 0.6 is 11.6 Å². The number of rotatable bonds is 9. The highest BCUT2D eigenvalue weighted by atomic mass is 35.5. The zero-order valence-corrected chi connectivity index (χ0v) is 16.4. The molecule has 1 atom stereocenters. The van der Waals surface area contributed by atoms with Gasteiger partial charge in [0.05, 0.1) is 12.6 Å². The number of nitrogens with one attached hydrogen (secondary N) is 1. The largest absolute Gasteiger partial charge is 0.494 e. The number of likely N-dealkylation sites (N-methyl/N-ethyl adjacent to an activating group) is 1. The molecule has 140 valence electrons. The Kier molecular flexibility index (Phi) is 7.95. The van der Waals surface area contributed by atoms with Gasteiger partial charge in [-0.2, -0.15) is 0 Å². The number of carbonyl (C=O) groups excluding carboxylic acids is 1. The van der Waals surface area contributed by atoms with E-state index in [0.29, 0.717) is 18.7 Å². The van der Waals surface area contributed by atoms with Gasteiger partial charge in [-0.1, -0.05) is 43.6 Å². The van der Waals surface area contributed by atoms with E-state index >= 15 is 0 Å². The lowest BCUT2D eigenvalue weighted by Crippen LogP contribution is -2.38. The molecule has 26 heavy (non-hydrogen) atoms. The smallest absolute Gasteiger partial charge is 0.251 e. The SMILES string of the molecule is CCOc1ccc(C(=O)NC[C@@H](c2ccccc2Cl)N(CC)CC)cc1. The molecular formula is C21H27ClN2O2. The molecule has 0 saturated heterocycles. The lowest BCUT2D eigenvalue weighted by Gasteiger charge is -2.31. The zero-order valence-electron chi connectivity index (χ0n) is 15.7. The van der Waals surface area contributed by atoms with Gasteiger partial charge in [0.15, 0.2) is 0 Å². The first kappa shape index (κ1) is 20.3. The Bertz CT molecular complexity index is 699. The first-order valence-corrected chi connectivity index (χ1v) is 9.48. The van der Waals surface area contributed by atoms with E-state index in [2.05, 4.69) is 24.1 Å². The van der Waals surface area contributed by atoms with E-state index in [4.69, 9.17) is 16.3 Å². The Labute approximate surface area is 161 Å². The average molecular weight is 375 g/mol. The highest BCUT2D eigenvalue weighted by molar-refractivity contribution is 6.31. The van der Waals surface area contributed by atoms with Crippen LogP contribution in [0.15, 0.2) is 48.5 Å². The van der Waals surface area contributed by atoms with Gasteiger partial charge >= 0.3 is 0 Å². The number of carbonyl (C=O) groups is 1. The highest BCUT2D eigenvalue weighted by Crippen LogP contribution is 2.27. The topological polar surface area (TPSA) is 41.6 Å². The predicted molar refractivity (Wildman–Crippen MR) is 107 cm³/mol. The molecule has 2 aromatic carbocycles. The van der Waals surface area contributed by atoms with Crippen molar-refractivity contribution in [1.29, 1.82) is 0 Å². The van der Waals surface area contributed by atoms with Gasteiger partial charge in [-0.25, -0.2) is 0 Å². The summed E-state index contributed by atoms with van der Waals surface area (Å²) in [5.41, 5.74) is 1.65. The third-order valence-corrected chi connectivity index (χ3v) is 4.75. The van der Waals surface area contributed by atoms with E-state index in [9.17, 15) is 4.79 Å². The van der Waals surface area contributed by atoms with Crippen molar-refractivity contribution in [3.8, 4) is 5.75 Å². The van der Waals surface area contributed by atoms with Crippen molar-refractivity contribution in [2.45, 2.75) is 26.8 Å². The molecule has 4 nitrogen and oxygen atoms in total. The first-order chi connectivity index (χ1) is 12.6. The Morgan fingerprint density at radius 3 is 2.31 bits per heavy atom. The van der Waals surface area contributed by atoms with Crippen molar-refractivity contribution in [3.05, 3.63) is 64.7 Å². The summed E-state index contributed by atoms with van der Waals surface area (Å²) in [6.45, 7) is 9.02. The van der Waals surface area contributed by atoms with Crippen molar-refractivity contribution < 1.29 is 9.53 Å². The lowest BCUT2D eigenvalue weighted by atomic mass is 10.0. The maximum Gasteiger partial charge on any atom is 0.251 e. The molecule has 0 aromatic heterocycles. The molecule has 0 radical (unpaired) electrons. The van der Waals surface area contributed by atoms with Crippen molar-refractivity contribution >= 4 is 17.5 Å². The van der Waals surface area contributed by atoms with Crippen molar-refractivity contribution in [2.24, 2.45) is 0 Å². The van der Waals surface area contributed by atoms with Crippen molar-refractivity contribution in [3.63, 3.8) is 0 Å². The Morgan fingerprint density at radius 2 is 1.73 bits per heavy atom. The number of nitrogens with zero attached hydrogens (tertiary/aromatic N) is 1. The van der Waals surface area contributed by atoms with Crippen LogP contribution in [0.1, 0.15) is 42.7 Å². The molecule has 1 N–H and O–H groups in total. The standard InChI is InChI=1S/C21H27ClN2O2/c1-4-24(5-2)20(18-9-7-8-10-19(18)22)15-23-21(25)16-11-13-17(14-12-16)26-6-3/h7-14,20H,4-6,15H2,1-3H3,(H,23,25)/t20-/m0/s1. The summed E-state index contributed by atoms with van der Waals surface area (Å²) in [6, 6.07) is 15.0. The maximum atomic E-state index is 12.5. The van der Waals surface area contributed by atoms with Crippen LogP contribution in [0, 0.1) is 0 Å². The molecule has 5 heteroatoms. The summed E-state index contributed by atoms with van der Waals surface area (Å²) in [6.07, 6.45) is 0. The van der Waals surface area contributed by atoms with E-state index in [1.165, 1.54) is 0 Å². The van der Waals surface area contributed by atoms with E-state index in [-0.39, 0.29) is 11.9 Å². The fraction of sp³-hybridized carbons (Fsp3) is 0.381. The number of ether oxygens (including phenoxy) is 1. The van der Waals surface area contributed by atoms with Gasteiger partial charge in [0, 0.05) is 17.1 Å². The first-order valence-electron chi connectivity index (χ1n) is 9.10. The van der Waals surface area contributed by atoms with E-state index in [1.807, 2.05) is 43.3 Å². The normalized spacial score (nSPS) is 12.0. The van der Waals surface area contributed by atoms with E-state index in [1.54, 1.807) is 12.1 Å². The van der Waals surface area contributed by atoms with Gasteiger partial charge in [0.25, 0.3) is 5.91 Å². The van der Waals surface area contributed by atoms with Gasteiger partial charge in [-0.05, 0) is 55.9 Å². The molecule has 0 bridgehead atoms. The molecule has 2 rings (SSSR count). The third kappa shape index (κ3) is 5.23. The van der Waals surface area contributed by atoms with Gasteiger partial charge in [0.1, 0.15) is 5.75 Å². The van der Waals surface area contributed by atoms with Gasteiger partial charge in [0.2, 0.25) is 0 Å². The van der Waals surface area contributed by atoms with Crippen LogP contribution in [0.4, 0.5) is 0 Å². The fourth-order valence-electron chi connectivity index (χ4n) is 3.01. The van der Waals surface area contributed by atoms with Crippen LogP contribution in [0.3, 0.4) is 0 Å². The van der Waals surface area contributed by atoms with Crippen LogP contribution in [-0.4, -0.2) is 37.0 Å². The van der Waals surface area contributed by atoms with Crippen molar-refractivity contribution in [2.75, 3.05) is 26.2 Å². The molecule has 0 unspecified atom stereocenters. The molecule has 2 aromatic rings. The van der Waals surface area contributed by atoms with Crippen LogP contribution in [0.25, 0.3) is 0 Å². The Morgan fingerprint density at radius 1 is 1.08 bits per heavy atom. The Balaban J connectivity index is 2.11. The van der Waals surface area contributed by atoms with Crippen LogP contribution in [-0.2, 0) is 0 Å². The summed E-state index contributed by atoms with van der Waals surface area (Å²) in [5.74, 6) is 0.665. The third-order valence-electron chi connectivity index (χ3n) is 4.40. The molecule has 0 spiro atoms. The molecule has 0 aliphatic heterocycles. The van der Waals surface area contributed by atoms with Crippen LogP contribution in [0.5, 0.6) is 5.75 Å². The van der Waals surface area contributed by atoms with E-state index < -0.39 is 0 Å². The predicted octanol–water partition coefficient (Wildman–Crippen LogP) is 4.55. The second-order valence-electron chi connectivity index (χ2n) is 5.93.